The van der Waals surface area contributed by atoms with Gasteiger partial charge in [-0.1, -0.05) is 18.7 Å². The summed E-state index contributed by atoms with van der Waals surface area (Å²) >= 11 is 0. The van der Waals surface area contributed by atoms with Crippen LogP contribution in [0.1, 0.15) is 0 Å². The van der Waals surface area contributed by atoms with Gasteiger partial charge in [0.25, 0.3) is 0 Å². The van der Waals surface area contributed by atoms with Gasteiger partial charge in [0.15, 0.2) is 5.60 Å². The normalized spacial score (nSPS) is 43.1. The molecule has 14 heavy (non-hydrogen) atoms. The first-order chi connectivity index (χ1) is 6.63. The van der Waals surface area contributed by atoms with E-state index in [0.29, 0.717) is 0 Å². The number of epoxide rings is 1. The summed E-state index contributed by atoms with van der Waals surface area (Å²) in [5, 5.41) is 10.4. The van der Waals surface area contributed by atoms with Crippen LogP contribution in [0.4, 0.5) is 0 Å². The van der Waals surface area contributed by atoms with E-state index in [9.17, 15) is 5.11 Å². The van der Waals surface area contributed by atoms with Crippen LogP contribution in [0.15, 0.2) is 24.8 Å². The molecule has 0 bridgehead atoms. The Bertz CT molecular complexity index is 282. The Morgan fingerprint density at radius 2 is 2.14 bits per heavy atom. The van der Waals surface area contributed by atoms with E-state index in [0.717, 1.165) is 0 Å². The molecule has 1 aliphatic heterocycles. The molecule has 2 aliphatic rings. The Morgan fingerprint density at radius 1 is 1.50 bits per heavy atom. The zero-order valence-corrected chi connectivity index (χ0v) is 8.27. The van der Waals surface area contributed by atoms with Crippen molar-refractivity contribution in [2.24, 2.45) is 0 Å². The second kappa shape index (κ2) is 2.90. The average Bonchev–Trinajstić information content (AvgIpc) is 2.99. The first-order valence-electron chi connectivity index (χ1n) is 4.44. The molecule has 1 fully saturated rings. The Balaban J connectivity index is 2.43. The van der Waals surface area contributed by atoms with Gasteiger partial charge < -0.3 is 19.3 Å². The summed E-state index contributed by atoms with van der Waals surface area (Å²) in [6.07, 6.45) is 4.55. The molecule has 1 saturated heterocycles. The highest BCUT2D eigenvalue weighted by Crippen LogP contribution is 2.47. The fourth-order valence-corrected chi connectivity index (χ4v) is 1.98. The van der Waals surface area contributed by atoms with Gasteiger partial charge in [0.05, 0.1) is 0 Å². The fourth-order valence-electron chi connectivity index (χ4n) is 1.98. The molecule has 2 rings (SSSR count). The minimum Gasteiger partial charge on any atom is -0.377 e. The van der Waals surface area contributed by atoms with Gasteiger partial charge in [-0.05, 0) is 6.08 Å². The van der Waals surface area contributed by atoms with Crippen LogP contribution in [0, 0.1) is 0 Å². The van der Waals surface area contributed by atoms with Crippen molar-refractivity contribution in [1.29, 1.82) is 0 Å². The van der Waals surface area contributed by atoms with Crippen LogP contribution < -0.4 is 0 Å². The van der Waals surface area contributed by atoms with E-state index in [-0.39, 0.29) is 12.2 Å². The molecule has 0 aromatic carbocycles. The van der Waals surface area contributed by atoms with E-state index < -0.39 is 11.4 Å². The Hall–Kier alpha value is -0.680. The number of aliphatic hydroxyl groups is 1. The SMILES string of the molecule is C=C[C@]1(O)[C@H]2O[C@H]2C=CC1(OC)OC. The number of rotatable bonds is 3. The average molecular weight is 198 g/mol. The van der Waals surface area contributed by atoms with Gasteiger partial charge in [-0.3, -0.25) is 0 Å². The molecule has 0 aromatic heterocycles. The second-order valence-electron chi connectivity index (χ2n) is 3.49. The highest BCUT2D eigenvalue weighted by molar-refractivity contribution is 5.31. The topological polar surface area (TPSA) is 51.2 Å². The molecule has 0 spiro atoms. The maximum absolute atomic E-state index is 10.4. The lowest BCUT2D eigenvalue weighted by molar-refractivity contribution is -0.261. The molecule has 0 unspecified atom stereocenters. The summed E-state index contributed by atoms with van der Waals surface area (Å²) < 4.78 is 15.7. The number of fused-ring (bicyclic) bond motifs is 1. The van der Waals surface area contributed by atoms with E-state index in [2.05, 4.69) is 6.58 Å². The van der Waals surface area contributed by atoms with Crippen LogP contribution in [0.2, 0.25) is 0 Å². The minimum absolute atomic E-state index is 0.0450. The highest BCUT2D eigenvalue weighted by atomic mass is 16.7. The molecule has 0 aromatic rings. The number of methoxy groups -OCH3 is 2. The van der Waals surface area contributed by atoms with Crippen molar-refractivity contribution in [3.8, 4) is 0 Å². The Morgan fingerprint density at radius 3 is 2.64 bits per heavy atom. The molecular formula is C10H14O4. The molecule has 0 saturated carbocycles. The lowest BCUT2D eigenvalue weighted by Gasteiger charge is -2.41. The van der Waals surface area contributed by atoms with E-state index in [1.807, 2.05) is 6.08 Å². The van der Waals surface area contributed by atoms with Crippen molar-refractivity contribution < 1.29 is 19.3 Å². The standard InChI is InChI=1S/C10H14O4/c1-4-9(11)8-7(14-8)5-6-10(9,12-2)13-3/h4-8,11H,1H2,2-3H3/t7-,8-,9-/m0/s1. The van der Waals surface area contributed by atoms with Crippen LogP contribution in [-0.2, 0) is 14.2 Å². The smallest absolute Gasteiger partial charge is 0.223 e. The maximum Gasteiger partial charge on any atom is 0.223 e. The lowest BCUT2D eigenvalue weighted by atomic mass is 9.83. The van der Waals surface area contributed by atoms with Crippen LogP contribution in [0.3, 0.4) is 0 Å². The van der Waals surface area contributed by atoms with Crippen molar-refractivity contribution in [2.45, 2.75) is 23.6 Å². The quantitative estimate of drug-likeness (QED) is 0.400. The molecule has 78 valence electrons. The third kappa shape index (κ3) is 0.966. The first kappa shape index (κ1) is 9.86. The molecule has 4 heteroatoms. The summed E-state index contributed by atoms with van der Waals surface area (Å²) in [5.41, 5.74) is -1.32. The Kier molecular flexibility index (Phi) is 2.04. The summed E-state index contributed by atoms with van der Waals surface area (Å²) in [4.78, 5) is 0. The van der Waals surface area contributed by atoms with Gasteiger partial charge in [0.2, 0.25) is 5.79 Å². The van der Waals surface area contributed by atoms with Gasteiger partial charge >= 0.3 is 0 Å². The summed E-state index contributed by atoms with van der Waals surface area (Å²) in [7, 11) is 2.95. The van der Waals surface area contributed by atoms with Gasteiger partial charge in [0, 0.05) is 14.2 Å². The summed E-state index contributed by atoms with van der Waals surface area (Å²) in [6, 6.07) is 0. The van der Waals surface area contributed by atoms with Gasteiger partial charge in [-0.25, -0.2) is 0 Å². The summed E-state index contributed by atoms with van der Waals surface area (Å²) in [5.74, 6) is -1.19. The van der Waals surface area contributed by atoms with Gasteiger partial charge in [-0.15, -0.1) is 0 Å². The molecular weight excluding hydrogens is 184 g/mol. The molecule has 1 heterocycles. The van der Waals surface area contributed by atoms with Crippen molar-refractivity contribution in [3.63, 3.8) is 0 Å². The fraction of sp³-hybridized carbons (Fsp3) is 0.600. The molecule has 0 radical (unpaired) electrons. The first-order valence-corrected chi connectivity index (χ1v) is 4.44. The molecule has 4 nitrogen and oxygen atoms in total. The van der Waals surface area contributed by atoms with Crippen LogP contribution in [-0.4, -0.2) is 42.9 Å². The number of ether oxygens (including phenoxy) is 3. The largest absolute Gasteiger partial charge is 0.377 e. The van der Waals surface area contributed by atoms with Crippen LogP contribution in [0.5, 0.6) is 0 Å². The third-order valence-corrected chi connectivity index (χ3v) is 2.94. The molecule has 1 aliphatic carbocycles. The molecule has 1 N–H and O–H groups in total. The number of hydrogen-bond donors (Lipinski definition) is 1. The van der Waals surface area contributed by atoms with Crippen LogP contribution >= 0.6 is 0 Å². The van der Waals surface area contributed by atoms with E-state index in [4.69, 9.17) is 14.2 Å². The van der Waals surface area contributed by atoms with Crippen LogP contribution in [0.25, 0.3) is 0 Å². The minimum atomic E-state index is -1.32. The zero-order chi connectivity index (χ0) is 10.4. The second-order valence-corrected chi connectivity index (χ2v) is 3.49. The van der Waals surface area contributed by atoms with E-state index in [1.165, 1.54) is 20.3 Å². The predicted molar refractivity (Wildman–Crippen MR) is 49.7 cm³/mol. The third-order valence-electron chi connectivity index (χ3n) is 2.94. The lowest BCUT2D eigenvalue weighted by Crippen LogP contribution is -2.59. The maximum atomic E-state index is 10.4. The predicted octanol–water partition coefficient (Wildman–Crippen LogP) is 0.230. The monoisotopic (exact) mass is 198 g/mol. The number of hydrogen-bond acceptors (Lipinski definition) is 4. The molecule has 3 atom stereocenters. The van der Waals surface area contributed by atoms with Gasteiger partial charge in [0.1, 0.15) is 12.2 Å². The van der Waals surface area contributed by atoms with Gasteiger partial charge in [-0.2, -0.15) is 0 Å². The molecule has 0 amide bonds. The van der Waals surface area contributed by atoms with E-state index >= 15 is 0 Å². The van der Waals surface area contributed by atoms with Crippen molar-refractivity contribution in [3.05, 3.63) is 24.8 Å². The van der Waals surface area contributed by atoms with Crippen molar-refractivity contribution in [2.75, 3.05) is 14.2 Å². The van der Waals surface area contributed by atoms with E-state index in [1.54, 1.807) is 6.08 Å². The van der Waals surface area contributed by atoms with Crippen molar-refractivity contribution in [1.82, 2.24) is 0 Å². The zero-order valence-electron chi connectivity index (χ0n) is 8.27. The highest BCUT2D eigenvalue weighted by Gasteiger charge is 2.65. The van der Waals surface area contributed by atoms with Crippen molar-refractivity contribution >= 4 is 0 Å². The summed E-state index contributed by atoms with van der Waals surface area (Å²) in [6.45, 7) is 3.60. The Labute approximate surface area is 82.8 Å².